The summed E-state index contributed by atoms with van der Waals surface area (Å²) in [7, 11) is 1.42. The van der Waals surface area contributed by atoms with Gasteiger partial charge in [-0.25, -0.2) is 0 Å². The van der Waals surface area contributed by atoms with Crippen LogP contribution in [0.25, 0.3) is 0 Å². The average molecular weight is 208 g/mol. The molecule has 74 valence electrons. The highest BCUT2D eigenvalue weighted by atomic mass is 32.2. The highest BCUT2D eigenvalue weighted by Gasteiger charge is 2.10. The topological polar surface area (TPSA) is 0 Å². The van der Waals surface area contributed by atoms with Crippen LogP contribution in [0.3, 0.4) is 0 Å². The summed E-state index contributed by atoms with van der Waals surface area (Å²) in [6.07, 6.45) is 7.71. The Labute approximate surface area is 84.2 Å². The first-order valence-corrected chi connectivity index (χ1v) is 8.83. The van der Waals surface area contributed by atoms with Crippen molar-refractivity contribution < 1.29 is 0 Å². The maximum Gasteiger partial charge on any atom is 0.108 e. The van der Waals surface area contributed by atoms with Crippen molar-refractivity contribution in [3.63, 3.8) is 0 Å². The molecule has 0 saturated heterocycles. The van der Waals surface area contributed by atoms with Crippen molar-refractivity contribution in [3.05, 3.63) is 0 Å². The summed E-state index contributed by atoms with van der Waals surface area (Å²) in [4.78, 5) is 0. The van der Waals surface area contributed by atoms with Gasteiger partial charge in [-0.1, -0.05) is 0 Å². The van der Waals surface area contributed by atoms with Crippen molar-refractivity contribution in [2.75, 3.05) is 35.5 Å². The fourth-order valence-electron chi connectivity index (χ4n) is 0.986. The number of rotatable bonds is 7. The summed E-state index contributed by atoms with van der Waals surface area (Å²) in [5, 5.41) is 0. The van der Waals surface area contributed by atoms with E-state index in [0.717, 1.165) is 0 Å². The first-order valence-electron chi connectivity index (χ1n) is 4.89. The minimum Gasteiger partial charge on any atom is -0.0199 e. The molecule has 0 nitrogen and oxygen atoms in total. The van der Waals surface area contributed by atoms with Crippen LogP contribution in [0.4, 0.5) is 0 Å². The quantitative estimate of drug-likeness (QED) is 0.445. The van der Waals surface area contributed by atoms with Crippen LogP contribution in [0, 0.1) is 0 Å². The van der Waals surface area contributed by atoms with Crippen molar-refractivity contribution in [1.82, 2.24) is 0 Å². The van der Waals surface area contributed by atoms with E-state index in [4.69, 9.17) is 0 Å². The summed E-state index contributed by atoms with van der Waals surface area (Å²) in [5.74, 6) is 5.70. The van der Waals surface area contributed by atoms with Crippen LogP contribution in [0.5, 0.6) is 0 Å². The lowest BCUT2D eigenvalue weighted by Crippen LogP contribution is -2.11. The molecule has 0 spiro atoms. The second kappa shape index (κ2) is 8.31. The molecule has 0 bridgehead atoms. The monoisotopic (exact) mass is 208 g/mol. The van der Waals surface area contributed by atoms with Crippen LogP contribution in [0.2, 0.25) is 0 Å². The van der Waals surface area contributed by atoms with Gasteiger partial charge < -0.3 is 0 Å². The SMILES string of the molecule is CC[S+](C)CCCC[S+](C)CC. The van der Waals surface area contributed by atoms with Gasteiger partial charge in [0.2, 0.25) is 0 Å². The van der Waals surface area contributed by atoms with E-state index in [0.29, 0.717) is 21.8 Å². The highest BCUT2D eigenvalue weighted by Crippen LogP contribution is 2.01. The molecule has 12 heavy (non-hydrogen) atoms. The molecule has 2 heteroatoms. The number of unbranched alkanes of at least 4 members (excludes halogenated alkanes) is 1. The average Bonchev–Trinajstić information content (AvgIpc) is 2.11. The molecular formula is C10H24S2+2. The Morgan fingerprint density at radius 3 is 1.33 bits per heavy atom. The van der Waals surface area contributed by atoms with E-state index >= 15 is 0 Å². The molecule has 0 fully saturated rings. The second-order valence-electron chi connectivity index (χ2n) is 3.26. The molecule has 0 aliphatic heterocycles. The Hall–Kier alpha value is 0.700. The van der Waals surface area contributed by atoms with Crippen molar-refractivity contribution in [2.24, 2.45) is 0 Å². The first kappa shape index (κ1) is 12.7. The van der Waals surface area contributed by atoms with Gasteiger partial charge in [0.05, 0.1) is 12.5 Å². The molecule has 0 aromatic carbocycles. The van der Waals surface area contributed by atoms with E-state index in [-0.39, 0.29) is 0 Å². The molecule has 0 N–H and O–H groups in total. The van der Waals surface area contributed by atoms with Crippen molar-refractivity contribution in [2.45, 2.75) is 26.7 Å². The zero-order valence-corrected chi connectivity index (χ0v) is 10.7. The fourth-order valence-corrected chi connectivity index (χ4v) is 2.96. The van der Waals surface area contributed by atoms with Crippen LogP contribution < -0.4 is 0 Å². The van der Waals surface area contributed by atoms with Crippen LogP contribution in [-0.4, -0.2) is 35.5 Å². The molecule has 0 amide bonds. The Balaban J connectivity index is 3.10. The van der Waals surface area contributed by atoms with Gasteiger partial charge in [0.25, 0.3) is 0 Å². The zero-order chi connectivity index (χ0) is 9.40. The minimum atomic E-state index is 0.709. The van der Waals surface area contributed by atoms with E-state index in [2.05, 4.69) is 26.4 Å². The van der Waals surface area contributed by atoms with Crippen LogP contribution in [-0.2, 0) is 21.8 Å². The molecular weight excluding hydrogens is 184 g/mol. The summed E-state index contributed by atoms with van der Waals surface area (Å²) in [6, 6.07) is 0. The molecule has 0 aliphatic carbocycles. The van der Waals surface area contributed by atoms with Crippen LogP contribution in [0.15, 0.2) is 0 Å². The molecule has 0 aromatic heterocycles. The molecule has 0 saturated carbocycles. The zero-order valence-electron chi connectivity index (χ0n) is 9.06. The lowest BCUT2D eigenvalue weighted by Gasteiger charge is -2.01. The lowest BCUT2D eigenvalue weighted by atomic mass is 10.4. The van der Waals surface area contributed by atoms with Crippen molar-refractivity contribution in [1.29, 1.82) is 0 Å². The fraction of sp³-hybridized carbons (Fsp3) is 1.00. The minimum absolute atomic E-state index is 0.709. The van der Waals surface area contributed by atoms with Gasteiger partial charge in [0.1, 0.15) is 23.0 Å². The summed E-state index contributed by atoms with van der Waals surface area (Å²) in [5.41, 5.74) is 0. The standard InChI is InChI=1S/C10H24S2/c1-5-11(3)9-7-8-10-12(4)6-2/h5-10H2,1-4H3/q+2. The Bertz CT molecular complexity index is 81.8. The molecule has 0 rings (SSSR count). The van der Waals surface area contributed by atoms with E-state index in [1.807, 2.05) is 0 Å². The normalized spacial score (nSPS) is 16.0. The van der Waals surface area contributed by atoms with Crippen molar-refractivity contribution >= 4 is 21.8 Å². The van der Waals surface area contributed by atoms with Gasteiger partial charge in [-0.3, -0.25) is 0 Å². The summed E-state index contributed by atoms with van der Waals surface area (Å²) < 4.78 is 0. The van der Waals surface area contributed by atoms with Gasteiger partial charge in [0.15, 0.2) is 0 Å². The first-order chi connectivity index (χ1) is 5.70. The third-order valence-electron chi connectivity index (χ3n) is 2.22. The maximum absolute atomic E-state index is 2.39. The summed E-state index contributed by atoms with van der Waals surface area (Å²) in [6.45, 7) is 4.61. The van der Waals surface area contributed by atoms with Crippen LogP contribution in [0.1, 0.15) is 26.7 Å². The predicted octanol–water partition coefficient (Wildman–Crippen LogP) is 2.30. The Morgan fingerprint density at radius 1 is 0.750 bits per heavy atom. The van der Waals surface area contributed by atoms with Gasteiger partial charge in [0, 0.05) is 0 Å². The number of hydrogen-bond donors (Lipinski definition) is 0. The summed E-state index contributed by atoms with van der Waals surface area (Å²) >= 11 is 0. The number of hydrogen-bond acceptors (Lipinski definition) is 0. The van der Waals surface area contributed by atoms with Gasteiger partial charge in [-0.15, -0.1) is 0 Å². The van der Waals surface area contributed by atoms with E-state index < -0.39 is 0 Å². The van der Waals surface area contributed by atoms with E-state index in [9.17, 15) is 0 Å². The third-order valence-corrected chi connectivity index (χ3v) is 6.16. The van der Waals surface area contributed by atoms with Gasteiger partial charge in [-0.05, 0) is 48.5 Å². The van der Waals surface area contributed by atoms with Gasteiger partial charge >= 0.3 is 0 Å². The highest BCUT2D eigenvalue weighted by molar-refractivity contribution is 7.96. The largest absolute Gasteiger partial charge is 0.108 e. The molecule has 0 heterocycles. The smallest absolute Gasteiger partial charge is 0.0199 e. The Kier molecular flexibility index (Phi) is 8.79. The predicted molar refractivity (Wildman–Crippen MR) is 66.6 cm³/mol. The molecule has 0 aliphatic rings. The second-order valence-corrected chi connectivity index (χ2v) is 8.35. The van der Waals surface area contributed by atoms with Crippen LogP contribution >= 0.6 is 0 Å². The lowest BCUT2D eigenvalue weighted by molar-refractivity contribution is 0.900. The van der Waals surface area contributed by atoms with Gasteiger partial charge in [-0.2, -0.15) is 0 Å². The van der Waals surface area contributed by atoms with E-state index in [1.165, 1.54) is 35.9 Å². The molecule has 0 aromatic rings. The third kappa shape index (κ3) is 7.35. The maximum atomic E-state index is 2.39. The molecule has 0 radical (unpaired) electrons. The van der Waals surface area contributed by atoms with Crippen molar-refractivity contribution in [3.8, 4) is 0 Å². The van der Waals surface area contributed by atoms with E-state index in [1.54, 1.807) is 0 Å². The molecule has 2 atom stereocenters. The Morgan fingerprint density at radius 2 is 1.08 bits per heavy atom. The molecule has 2 unspecified atom stereocenters.